The van der Waals surface area contributed by atoms with Gasteiger partial charge >= 0.3 is 0 Å². The smallest absolute Gasteiger partial charge is 0.255 e. The van der Waals surface area contributed by atoms with E-state index in [1.54, 1.807) is 11.8 Å². The summed E-state index contributed by atoms with van der Waals surface area (Å²) in [5.74, 6) is -0.0963. The van der Waals surface area contributed by atoms with E-state index in [-0.39, 0.29) is 12.0 Å². The van der Waals surface area contributed by atoms with Gasteiger partial charge in [0.15, 0.2) is 0 Å². The Morgan fingerprint density at radius 2 is 1.91 bits per heavy atom. The molecule has 1 amide bonds. The van der Waals surface area contributed by atoms with Gasteiger partial charge in [-0.3, -0.25) is 4.79 Å². The zero-order valence-electron chi connectivity index (χ0n) is 13.0. The van der Waals surface area contributed by atoms with E-state index in [4.69, 9.17) is 4.74 Å². The zero-order valence-corrected chi connectivity index (χ0v) is 13.9. The number of amides is 1. The van der Waals surface area contributed by atoms with Crippen molar-refractivity contribution < 1.29 is 9.53 Å². The zero-order chi connectivity index (χ0) is 16.1. The van der Waals surface area contributed by atoms with Crippen molar-refractivity contribution >= 4 is 23.4 Å². The Morgan fingerprint density at radius 3 is 2.52 bits per heavy atom. The number of rotatable bonds is 4. The summed E-state index contributed by atoms with van der Waals surface area (Å²) in [6, 6.07) is 15.4. The molecule has 1 fully saturated rings. The van der Waals surface area contributed by atoms with Crippen LogP contribution in [0.15, 0.2) is 53.4 Å². The van der Waals surface area contributed by atoms with Crippen LogP contribution < -0.4 is 10.6 Å². The van der Waals surface area contributed by atoms with Gasteiger partial charge in [-0.15, -0.1) is 11.8 Å². The summed E-state index contributed by atoms with van der Waals surface area (Å²) in [5.41, 5.74) is 2.57. The molecule has 0 radical (unpaired) electrons. The maximum absolute atomic E-state index is 12.2. The fourth-order valence-corrected chi connectivity index (χ4v) is 2.91. The van der Waals surface area contributed by atoms with Crippen molar-refractivity contribution in [3.05, 3.63) is 59.7 Å². The Bertz CT molecular complexity index is 650. The molecule has 0 aliphatic carbocycles. The maximum Gasteiger partial charge on any atom is 0.255 e. The molecular formula is C18H20N2O2S. The maximum atomic E-state index is 12.2. The summed E-state index contributed by atoms with van der Waals surface area (Å²) < 4.78 is 5.72. The lowest BCUT2D eigenvalue weighted by Gasteiger charge is -2.24. The Hall–Kier alpha value is -1.82. The molecule has 0 saturated carbocycles. The van der Waals surface area contributed by atoms with Crippen LogP contribution in [0, 0.1) is 0 Å². The number of ether oxygens (including phenoxy) is 1. The topological polar surface area (TPSA) is 50.4 Å². The summed E-state index contributed by atoms with van der Waals surface area (Å²) in [6.07, 6.45) is 2.11. The first-order chi connectivity index (χ1) is 11.3. The van der Waals surface area contributed by atoms with E-state index >= 15 is 0 Å². The van der Waals surface area contributed by atoms with Crippen molar-refractivity contribution in [2.24, 2.45) is 0 Å². The molecule has 2 N–H and O–H groups in total. The molecule has 0 bridgehead atoms. The number of thioether (sulfide) groups is 1. The van der Waals surface area contributed by atoms with Crippen LogP contribution in [-0.2, 0) is 4.74 Å². The number of carbonyl (C=O) groups is 1. The van der Waals surface area contributed by atoms with Crippen LogP contribution >= 0.6 is 11.8 Å². The van der Waals surface area contributed by atoms with Gasteiger partial charge in [-0.05, 0) is 48.2 Å². The highest BCUT2D eigenvalue weighted by atomic mass is 32.2. The normalized spacial score (nSPS) is 17.7. The molecule has 3 rings (SSSR count). The monoisotopic (exact) mass is 328 g/mol. The van der Waals surface area contributed by atoms with Gasteiger partial charge in [-0.2, -0.15) is 0 Å². The Morgan fingerprint density at radius 1 is 1.17 bits per heavy atom. The highest BCUT2D eigenvalue weighted by Gasteiger charge is 2.15. The van der Waals surface area contributed by atoms with Crippen LogP contribution in [0.2, 0.25) is 0 Å². The number of hydrogen-bond acceptors (Lipinski definition) is 4. The number of anilines is 1. The third kappa shape index (κ3) is 4.13. The number of morpholine rings is 1. The molecule has 1 aliphatic rings. The molecule has 0 spiro atoms. The molecule has 0 aromatic heterocycles. The lowest BCUT2D eigenvalue weighted by atomic mass is 10.1. The van der Waals surface area contributed by atoms with Gasteiger partial charge in [0.1, 0.15) is 0 Å². The third-order valence-corrected chi connectivity index (χ3v) is 4.56. The summed E-state index contributed by atoms with van der Waals surface area (Å²) in [4.78, 5) is 13.4. The molecule has 4 nitrogen and oxygen atoms in total. The first-order valence-corrected chi connectivity index (χ1v) is 8.86. The predicted octanol–water partition coefficient (Wildman–Crippen LogP) is 3.32. The second-order valence-corrected chi connectivity index (χ2v) is 6.25. The van der Waals surface area contributed by atoms with Crippen LogP contribution in [0.1, 0.15) is 22.0 Å². The average Bonchev–Trinajstić information content (AvgIpc) is 2.63. The number of benzene rings is 2. The van der Waals surface area contributed by atoms with Gasteiger partial charge in [0.2, 0.25) is 0 Å². The van der Waals surface area contributed by atoms with Crippen molar-refractivity contribution in [3.63, 3.8) is 0 Å². The minimum absolute atomic E-state index is 0.0904. The number of nitrogens with one attached hydrogen (secondary N) is 2. The van der Waals surface area contributed by atoms with Crippen molar-refractivity contribution in [1.82, 2.24) is 5.32 Å². The largest absolute Gasteiger partial charge is 0.371 e. The Balaban J connectivity index is 1.63. The summed E-state index contributed by atoms with van der Waals surface area (Å²) in [6.45, 7) is 2.46. The second kappa shape index (κ2) is 7.64. The second-order valence-electron chi connectivity index (χ2n) is 5.37. The molecule has 23 heavy (non-hydrogen) atoms. The van der Waals surface area contributed by atoms with Gasteiger partial charge < -0.3 is 15.4 Å². The predicted molar refractivity (Wildman–Crippen MR) is 94.2 cm³/mol. The van der Waals surface area contributed by atoms with Crippen LogP contribution in [0.3, 0.4) is 0 Å². The van der Waals surface area contributed by atoms with Crippen molar-refractivity contribution in [2.75, 3.05) is 31.3 Å². The first-order valence-electron chi connectivity index (χ1n) is 7.64. The highest BCUT2D eigenvalue weighted by Crippen LogP contribution is 2.21. The summed E-state index contributed by atoms with van der Waals surface area (Å²) in [7, 11) is 0. The van der Waals surface area contributed by atoms with Crippen LogP contribution in [0.25, 0.3) is 0 Å². The molecule has 1 atom stereocenters. The molecule has 1 heterocycles. The van der Waals surface area contributed by atoms with Gasteiger partial charge in [0, 0.05) is 29.2 Å². The molecule has 5 heteroatoms. The SMILES string of the molecule is CSc1ccc(C(=O)Nc2ccc([C@@H]3CNCCO3)cc2)cc1. The van der Waals surface area contributed by atoms with E-state index < -0.39 is 0 Å². The van der Waals surface area contributed by atoms with E-state index in [0.717, 1.165) is 35.8 Å². The highest BCUT2D eigenvalue weighted by molar-refractivity contribution is 7.98. The van der Waals surface area contributed by atoms with Crippen molar-refractivity contribution in [3.8, 4) is 0 Å². The molecule has 1 saturated heterocycles. The van der Waals surface area contributed by atoms with Crippen LogP contribution in [-0.4, -0.2) is 31.9 Å². The van der Waals surface area contributed by atoms with Crippen molar-refractivity contribution in [2.45, 2.75) is 11.0 Å². The van der Waals surface area contributed by atoms with Gasteiger partial charge in [0.25, 0.3) is 5.91 Å². The van der Waals surface area contributed by atoms with E-state index in [2.05, 4.69) is 10.6 Å². The number of carbonyl (C=O) groups excluding carboxylic acids is 1. The molecule has 2 aromatic carbocycles. The molecule has 0 unspecified atom stereocenters. The average molecular weight is 328 g/mol. The summed E-state index contributed by atoms with van der Waals surface area (Å²) in [5, 5.41) is 6.24. The molecule has 2 aromatic rings. The Kier molecular flexibility index (Phi) is 5.33. The van der Waals surface area contributed by atoms with Gasteiger partial charge in [0.05, 0.1) is 12.7 Å². The van der Waals surface area contributed by atoms with Crippen molar-refractivity contribution in [1.29, 1.82) is 0 Å². The van der Waals surface area contributed by atoms with Crippen LogP contribution in [0.4, 0.5) is 5.69 Å². The fraction of sp³-hybridized carbons (Fsp3) is 0.278. The van der Waals surface area contributed by atoms with Gasteiger partial charge in [-0.1, -0.05) is 12.1 Å². The van der Waals surface area contributed by atoms with E-state index in [9.17, 15) is 4.79 Å². The van der Waals surface area contributed by atoms with E-state index in [0.29, 0.717) is 5.56 Å². The molecule has 1 aliphatic heterocycles. The standard InChI is InChI=1S/C18H20N2O2S/c1-23-16-8-4-14(5-9-16)18(21)20-15-6-2-13(3-7-15)17-12-19-10-11-22-17/h2-9,17,19H,10-12H2,1H3,(H,20,21)/t17-/m0/s1. The minimum Gasteiger partial charge on any atom is -0.371 e. The fourth-order valence-electron chi connectivity index (χ4n) is 2.51. The lowest BCUT2D eigenvalue weighted by Crippen LogP contribution is -2.33. The first kappa shape index (κ1) is 16.1. The quantitative estimate of drug-likeness (QED) is 0.846. The third-order valence-electron chi connectivity index (χ3n) is 3.82. The lowest BCUT2D eigenvalue weighted by molar-refractivity contribution is 0.0277. The summed E-state index contributed by atoms with van der Waals surface area (Å²) >= 11 is 1.66. The molecular weight excluding hydrogens is 308 g/mol. The Labute approximate surface area is 140 Å². The van der Waals surface area contributed by atoms with Gasteiger partial charge in [-0.25, -0.2) is 0 Å². The molecule has 120 valence electrons. The van der Waals surface area contributed by atoms with E-state index in [1.807, 2.05) is 54.8 Å². The number of hydrogen-bond donors (Lipinski definition) is 2. The van der Waals surface area contributed by atoms with E-state index in [1.165, 1.54) is 0 Å². The minimum atomic E-state index is -0.0963. The van der Waals surface area contributed by atoms with Crippen LogP contribution in [0.5, 0.6) is 0 Å².